The zero-order valence-corrected chi connectivity index (χ0v) is 19.9. The highest BCUT2D eigenvalue weighted by Crippen LogP contribution is 2.37. The predicted octanol–water partition coefficient (Wildman–Crippen LogP) is 3.35. The molecule has 0 spiro atoms. The minimum atomic E-state index is -0.0364. The molecule has 1 aliphatic heterocycles. The third-order valence-electron chi connectivity index (χ3n) is 6.25. The largest absolute Gasteiger partial charge is 0.507 e. The lowest BCUT2D eigenvalue weighted by Gasteiger charge is -2.46. The van der Waals surface area contributed by atoms with Crippen LogP contribution in [0.2, 0.25) is 0 Å². The van der Waals surface area contributed by atoms with Gasteiger partial charge in [0.15, 0.2) is 5.69 Å². The molecule has 4 aromatic rings. The maximum absolute atomic E-state index is 10.7. The molecule has 10 nitrogen and oxygen atoms in total. The summed E-state index contributed by atoms with van der Waals surface area (Å²) in [5, 5.41) is 45.5. The Bertz CT molecular complexity index is 1420. The Balaban J connectivity index is 1.49. The number of aryl methyl sites for hydroxylation is 1. The van der Waals surface area contributed by atoms with Crippen LogP contribution >= 0.6 is 0 Å². The molecule has 4 heterocycles. The Labute approximate surface area is 197 Å². The third kappa shape index (κ3) is 3.88. The Morgan fingerprint density at radius 1 is 1.06 bits per heavy atom. The molecule has 0 atom stereocenters. The lowest BCUT2D eigenvalue weighted by Crippen LogP contribution is -2.58. The van der Waals surface area contributed by atoms with Crippen LogP contribution in [0.1, 0.15) is 52.3 Å². The number of aromatic hydroxyl groups is 1. The van der Waals surface area contributed by atoms with E-state index in [-0.39, 0.29) is 22.9 Å². The Kier molecular flexibility index (Phi) is 4.91. The van der Waals surface area contributed by atoms with Gasteiger partial charge in [-0.3, -0.25) is 4.68 Å². The second-order valence-corrected chi connectivity index (χ2v) is 10.3. The first-order valence-electron chi connectivity index (χ1n) is 11.2. The fourth-order valence-corrected chi connectivity index (χ4v) is 5.27. The molecule has 10 heteroatoms. The summed E-state index contributed by atoms with van der Waals surface area (Å²) in [6.07, 6.45) is 3.56. The number of nitrogens with zero attached hydrogens (tertiary/aromatic N) is 8. The Morgan fingerprint density at radius 2 is 1.79 bits per heavy atom. The van der Waals surface area contributed by atoms with Crippen molar-refractivity contribution in [1.82, 2.24) is 40.3 Å². The van der Waals surface area contributed by atoms with Crippen molar-refractivity contribution in [3.05, 3.63) is 36.2 Å². The van der Waals surface area contributed by atoms with Gasteiger partial charge in [-0.2, -0.15) is 10.4 Å². The van der Waals surface area contributed by atoms with Crippen LogP contribution in [0.3, 0.4) is 0 Å². The molecule has 1 aromatic carbocycles. The van der Waals surface area contributed by atoms with Crippen LogP contribution in [0, 0.1) is 11.3 Å². The van der Waals surface area contributed by atoms with Crippen molar-refractivity contribution in [3.63, 3.8) is 0 Å². The monoisotopic (exact) mass is 457 g/mol. The van der Waals surface area contributed by atoms with E-state index in [2.05, 4.69) is 64.7 Å². The first-order valence-corrected chi connectivity index (χ1v) is 11.2. The molecule has 0 bridgehead atoms. The number of hydrogen-bond acceptors (Lipinski definition) is 8. The number of hydrogen-bond donors (Lipinski definition) is 2. The van der Waals surface area contributed by atoms with Gasteiger partial charge in [0.25, 0.3) is 0 Å². The van der Waals surface area contributed by atoms with Crippen LogP contribution in [0.15, 0.2) is 30.5 Å². The molecule has 174 valence electrons. The number of nitrogens with one attached hydrogen (secondary N) is 1. The van der Waals surface area contributed by atoms with E-state index in [0.717, 1.165) is 12.8 Å². The standard InChI is InChI=1S/C24H27N9O/c1-23(2)10-15(11-24(3,4)30-23)33-22-19(27-31-33)9-18(26-28-22)16-7-6-14(8-21(16)34)17-13-32(5)29-20(17)12-25/h6-9,13,15,30,34H,10-11H2,1-5H3. The van der Waals surface area contributed by atoms with Gasteiger partial charge in [0.05, 0.1) is 11.7 Å². The molecular weight excluding hydrogens is 430 g/mol. The Hall–Kier alpha value is -3.84. The van der Waals surface area contributed by atoms with Gasteiger partial charge >= 0.3 is 0 Å². The topological polar surface area (TPSA) is 130 Å². The molecule has 3 aromatic heterocycles. The normalized spacial score (nSPS) is 17.6. The van der Waals surface area contributed by atoms with Crippen molar-refractivity contribution in [3.8, 4) is 34.2 Å². The van der Waals surface area contributed by atoms with E-state index in [1.165, 1.54) is 0 Å². The molecular formula is C24H27N9O. The van der Waals surface area contributed by atoms with Crippen LogP contribution in [0.5, 0.6) is 5.75 Å². The minimum absolute atomic E-state index is 0.0353. The number of fused-ring (bicyclic) bond motifs is 1. The summed E-state index contributed by atoms with van der Waals surface area (Å²) in [4.78, 5) is 0. The van der Waals surface area contributed by atoms with E-state index in [1.54, 1.807) is 36.1 Å². The number of nitriles is 1. The molecule has 5 rings (SSSR count). The summed E-state index contributed by atoms with van der Waals surface area (Å²) >= 11 is 0. The number of aromatic nitrogens is 7. The number of phenols is 1. The smallest absolute Gasteiger partial charge is 0.201 e. The minimum Gasteiger partial charge on any atom is -0.507 e. The summed E-state index contributed by atoms with van der Waals surface area (Å²) in [6, 6.07) is 9.22. The highest BCUT2D eigenvalue weighted by Gasteiger charge is 2.39. The van der Waals surface area contributed by atoms with Crippen LogP contribution in [0.25, 0.3) is 33.5 Å². The van der Waals surface area contributed by atoms with Crippen molar-refractivity contribution < 1.29 is 5.11 Å². The van der Waals surface area contributed by atoms with E-state index < -0.39 is 0 Å². The fraction of sp³-hybridized carbons (Fsp3) is 0.417. The third-order valence-corrected chi connectivity index (χ3v) is 6.25. The van der Waals surface area contributed by atoms with Crippen molar-refractivity contribution in [1.29, 1.82) is 5.26 Å². The maximum Gasteiger partial charge on any atom is 0.201 e. The van der Waals surface area contributed by atoms with Gasteiger partial charge in [-0.25, -0.2) is 4.68 Å². The van der Waals surface area contributed by atoms with Gasteiger partial charge in [0.2, 0.25) is 5.65 Å². The molecule has 1 fully saturated rings. The number of phenolic OH excluding ortho intramolecular Hbond substituents is 1. The number of piperidine rings is 1. The summed E-state index contributed by atoms with van der Waals surface area (Å²) in [7, 11) is 1.75. The van der Waals surface area contributed by atoms with Gasteiger partial charge in [0.1, 0.15) is 17.3 Å². The van der Waals surface area contributed by atoms with Crippen molar-refractivity contribution in [2.24, 2.45) is 7.05 Å². The van der Waals surface area contributed by atoms with Crippen molar-refractivity contribution in [2.45, 2.75) is 57.7 Å². The zero-order chi connectivity index (χ0) is 24.3. The lowest BCUT2D eigenvalue weighted by molar-refractivity contribution is 0.127. The van der Waals surface area contributed by atoms with Gasteiger partial charge in [-0.05, 0) is 64.3 Å². The maximum atomic E-state index is 10.7. The second kappa shape index (κ2) is 7.60. The average molecular weight is 458 g/mol. The molecule has 0 amide bonds. The molecule has 0 radical (unpaired) electrons. The van der Waals surface area contributed by atoms with Gasteiger partial charge in [-0.15, -0.1) is 15.3 Å². The predicted molar refractivity (Wildman–Crippen MR) is 127 cm³/mol. The van der Waals surface area contributed by atoms with E-state index in [4.69, 9.17) is 0 Å². The zero-order valence-electron chi connectivity index (χ0n) is 19.9. The highest BCUT2D eigenvalue weighted by atomic mass is 16.3. The van der Waals surface area contributed by atoms with Gasteiger partial charge in [0, 0.05) is 35.4 Å². The van der Waals surface area contributed by atoms with E-state index in [0.29, 0.717) is 39.2 Å². The molecule has 2 N–H and O–H groups in total. The molecule has 0 unspecified atom stereocenters. The number of benzene rings is 1. The first kappa shape index (κ1) is 22.0. The van der Waals surface area contributed by atoms with Crippen LogP contribution in [-0.2, 0) is 7.05 Å². The summed E-state index contributed by atoms with van der Waals surface area (Å²) in [5.41, 5.74) is 3.87. The van der Waals surface area contributed by atoms with E-state index in [1.807, 2.05) is 10.7 Å². The van der Waals surface area contributed by atoms with Crippen LogP contribution < -0.4 is 5.32 Å². The summed E-state index contributed by atoms with van der Waals surface area (Å²) in [6.45, 7) is 8.78. The SMILES string of the molecule is Cn1cc(-c2ccc(-c3cc4nnn(C5CC(C)(C)NC(C)(C)C5)c4nn3)c(O)c2)c(C#N)n1. The molecule has 0 aliphatic carbocycles. The van der Waals surface area contributed by atoms with E-state index in [9.17, 15) is 10.4 Å². The van der Waals surface area contributed by atoms with Gasteiger partial charge in [-0.1, -0.05) is 11.3 Å². The molecule has 1 saturated heterocycles. The van der Waals surface area contributed by atoms with Crippen LogP contribution in [0.4, 0.5) is 0 Å². The summed E-state index contributed by atoms with van der Waals surface area (Å²) < 4.78 is 3.46. The summed E-state index contributed by atoms with van der Waals surface area (Å²) in [5.74, 6) is 0.0353. The molecule has 1 aliphatic rings. The lowest BCUT2D eigenvalue weighted by atomic mass is 9.80. The van der Waals surface area contributed by atoms with Gasteiger partial charge < -0.3 is 10.4 Å². The highest BCUT2D eigenvalue weighted by molar-refractivity contribution is 5.80. The fourth-order valence-electron chi connectivity index (χ4n) is 5.27. The van der Waals surface area contributed by atoms with E-state index >= 15 is 0 Å². The van der Waals surface area contributed by atoms with Crippen molar-refractivity contribution >= 4 is 11.2 Å². The average Bonchev–Trinajstić information content (AvgIpc) is 3.34. The second-order valence-electron chi connectivity index (χ2n) is 10.3. The van der Waals surface area contributed by atoms with Crippen LogP contribution in [-0.4, -0.2) is 51.2 Å². The molecule has 0 saturated carbocycles. The Morgan fingerprint density at radius 3 is 2.47 bits per heavy atom. The first-order chi connectivity index (χ1) is 16.0. The quantitative estimate of drug-likeness (QED) is 0.479. The number of rotatable bonds is 3. The molecule has 34 heavy (non-hydrogen) atoms. The van der Waals surface area contributed by atoms with Crippen molar-refractivity contribution in [2.75, 3.05) is 0 Å².